The molecule has 3 unspecified atom stereocenters. The summed E-state index contributed by atoms with van der Waals surface area (Å²) in [5, 5.41) is 2.55. The second-order valence-electron chi connectivity index (χ2n) is 7.74. The zero-order valence-electron chi connectivity index (χ0n) is 18.7. The third kappa shape index (κ3) is 13.2. The number of aryl methyl sites for hydroxylation is 1. The zero-order chi connectivity index (χ0) is 22.6. The lowest BCUT2D eigenvalue weighted by molar-refractivity contribution is -0.0375. The van der Waals surface area contributed by atoms with Gasteiger partial charge in [-0.3, -0.25) is 4.57 Å². The van der Waals surface area contributed by atoms with Crippen LogP contribution in [0.2, 0.25) is 0 Å². The Morgan fingerprint density at radius 2 is 1.70 bits per heavy atom. The van der Waals surface area contributed by atoms with Crippen LogP contribution < -0.4 is 5.32 Å². The van der Waals surface area contributed by atoms with Crippen molar-refractivity contribution >= 4 is 13.5 Å². The summed E-state index contributed by atoms with van der Waals surface area (Å²) in [6.45, 7) is 12.9. The second kappa shape index (κ2) is 14.0. The number of nitrogens with zero attached hydrogens (tertiary/aromatic N) is 3. The van der Waals surface area contributed by atoms with Gasteiger partial charge in [0.05, 0.1) is 25.9 Å². The molecule has 1 heterocycles. The second-order valence-corrected chi connectivity index (χ2v) is 9.38. The first-order valence-electron chi connectivity index (χ1n) is 10.4. The zero-order valence-corrected chi connectivity index (χ0v) is 19.6. The lowest BCUT2D eigenvalue weighted by Gasteiger charge is -2.16. The maximum absolute atomic E-state index is 11.0. The third-order valence-electron chi connectivity index (χ3n) is 4.25. The molecule has 0 amide bonds. The molecule has 1 rings (SSSR count). The number of rotatable bonds is 16. The van der Waals surface area contributed by atoms with Gasteiger partial charge < -0.3 is 29.3 Å². The molecule has 0 spiro atoms. The van der Waals surface area contributed by atoms with Gasteiger partial charge in [0.15, 0.2) is 0 Å². The van der Waals surface area contributed by atoms with E-state index in [1.807, 2.05) is 13.8 Å². The first kappa shape index (κ1) is 26.9. The van der Waals surface area contributed by atoms with Gasteiger partial charge in [-0.1, -0.05) is 27.2 Å². The standard InChI is InChI=1S/C19H37N4O6P/c1-6-14(2)10-27-7-8-29-16(4)12-28-11-15(3)9-18-21-17(5)22-19(23-18)20-13-30(24,25)26/h14-16H,6-13H2,1-5H3,(H2,24,25,26)(H,20,21,22,23). The van der Waals surface area contributed by atoms with Crippen molar-refractivity contribution in [3.8, 4) is 0 Å². The van der Waals surface area contributed by atoms with E-state index in [1.54, 1.807) is 6.92 Å². The van der Waals surface area contributed by atoms with E-state index >= 15 is 0 Å². The molecule has 0 bridgehead atoms. The van der Waals surface area contributed by atoms with E-state index < -0.39 is 13.9 Å². The van der Waals surface area contributed by atoms with Gasteiger partial charge in [0, 0.05) is 19.6 Å². The summed E-state index contributed by atoms with van der Waals surface area (Å²) in [7, 11) is -4.18. The lowest BCUT2D eigenvalue weighted by Crippen LogP contribution is -2.21. The summed E-state index contributed by atoms with van der Waals surface area (Å²) < 4.78 is 28.0. The van der Waals surface area contributed by atoms with Crippen molar-refractivity contribution in [2.75, 3.05) is 44.6 Å². The highest BCUT2D eigenvalue weighted by molar-refractivity contribution is 7.51. The van der Waals surface area contributed by atoms with Crippen LogP contribution in [0.4, 0.5) is 5.95 Å². The van der Waals surface area contributed by atoms with E-state index in [9.17, 15) is 4.57 Å². The monoisotopic (exact) mass is 448 g/mol. The third-order valence-corrected chi connectivity index (χ3v) is 4.82. The van der Waals surface area contributed by atoms with E-state index in [0.29, 0.717) is 50.4 Å². The number of hydrogen-bond acceptors (Lipinski definition) is 8. The van der Waals surface area contributed by atoms with Crippen LogP contribution in [-0.2, 0) is 25.2 Å². The molecule has 0 radical (unpaired) electrons. The van der Waals surface area contributed by atoms with E-state index in [2.05, 4.69) is 34.1 Å². The molecule has 0 aliphatic rings. The number of hydrogen-bond donors (Lipinski definition) is 3. The minimum Gasteiger partial charge on any atom is -0.379 e. The topological polar surface area (TPSA) is 136 Å². The van der Waals surface area contributed by atoms with Gasteiger partial charge in [0.25, 0.3) is 0 Å². The Morgan fingerprint density at radius 3 is 2.37 bits per heavy atom. The fourth-order valence-electron chi connectivity index (χ4n) is 2.45. The SMILES string of the molecule is CCC(C)COCCOC(C)COCC(C)Cc1nc(C)nc(NCP(=O)(O)O)n1. The molecule has 11 heteroatoms. The van der Waals surface area contributed by atoms with Gasteiger partial charge in [0.2, 0.25) is 5.95 Å². The van der Waals surface area contributed by atoms with Gasteiger partial charge in [-0.25, -0.2) is 4.98 Å². The van der Waals surface area contributed by atoms with Crippen molar-refractivity contribution in [3.63, 3.8) is 0 Å². The number of ether oxygens (including phenoxy) is 3. The molecular weight excluding hydrogens is 411 g/mol. The predicted octanol–water partition coefficient (Wildman–Crippen LogP) is 2.39. The van der Waals surface area contributed by atoms with Gasteiger partial charge >= 0.3 is 7.60 Å². The minimum atomic E-state index is -4.18. The smallest absolute Gasteiger partial charge is 0.344 e. The molecule has 3 atom stereocenters. The van der Waals surface area contributed by atoms with Crippen molar-refractivity contribution in [2.45, 2.75) is 53.6 Å². The molecule has 3 N–H and O–H groups in total. The van der Waals surface area contributed by atoms with E-state index in [1.165, 1.54) is 0 Å². The van der Waals surface area contributed by atoms with Crippen LogP contribution in [0.5, 0.6) is 0 Å². The largest absolute Gasteiger partial charge is 0.379 e. The van der Waals surface area contributed by atoms with Gasteiger partial charge in [-0.05, 0) is 25.7 Å². The maximum atomic E-state index is 11.0. The average molecular weight is 449 g/mol. The molecule has 0 fully saturated rings. The molecule has 0 aromatic carbocycles. The van der Waals surface area contributed by atoms with E-state index in [4.69, 9.17) is 24.0 Å². The van der Waals surface area contributed by atoms with Crippen molar-refractivity contribution in [2.24, 2.45) is 11.8 Å². The van der Waals surface area contributed by atoms with Gasteiger partial charge in [-0.15, -0.1) is 0 Å². The summed E-state index contributed by atoms with van der Waals surface area (Å²) in [4.78, 5) is 30.5. The quantitative estimate of drug-likeness (QED) is 0.255. The molecule has 30 heavy (non-hydrogen) atoms. The molecular formula is C19H37N4O6P. The van der Waals surface area contributed by atoms with Crippen molar-refractivity contribution in [3.05, 3.63) is 11.6 Å². The van der Waals surface area contributed by atoms with Crippen LogP contribution in [0, 0.1) is 18.8 Å². The van der Waals surface area contributed by atoms with E-state index in [0.717, 1.165) is 13.0 Å². The number of aromatic nitrogens is 3. The molecule has 0 aliphatic carbocycles. The van der Waals surface area contributed by atoms with Crippen molar-refractivity contribution in [1.29, 1.82) is 0 Å². The Hall–Kier alpha value is -1.16. The van der Waals surface area contributed by atoms with Crippen LogP contribution in [0.1, 0.15) is 45.8 Å². The van der Waals surface area contributed by atoms with Crippen LogP contribution in [0.15, 0.2) is 0 Å². The molecule has 174 valence electrons. The predicted molar refractivity (Wildman–Crippen MR) is 114 cm³/mol. The fraction of sp³-hybridized carbons (Fsp3) is 0.842. The maximum Gasteiger partial charge on any atom is 0.344 e. The Balaban J connectivity index is 2.28. The summed E-state index contributed by atoms with van der Waals surface area (Å²) in [5.41, 5.74) is 0. The Labute approximate surface area is 179 Å². The molecule has 10 nitrogen and oxygen atoms in total. The number of anilines is 1. The summed E-state index contributed by atoms with van der Waals surface area (Å²) in [6, 6.07) is 0. The summed E-state index contributed by atoms with van der Waals surface area (Å²) >= 11 is 0. The Kier molecular flexibility index (Phi) is 12.5. The van der Waals surface area contributed by atoms with Crippen LogP contribution in [0.25, 0.3) is 0 Å². The first-order valence-corrected chi connectivity index (χ1v) is 12.2. The first-order chi connectivity index (χ1) is 14.1. The minimum absolute atomic E-state index is 0.0210. The molecule has 0 saturated heterocycles. The average Bonchev–Trinajstić information content (AvgIpc) is 2.65. The Bertz CT molecular complexity index is 660. The highest BCUT2D eigenvalue weighted by Gasteiger charge is 2.15. The molecule has 0 aliphatic heterocycles. The summed E-state index contributed by atoms with van der Waals surface area (Å²) in [5.74, 6) is 1.92. The van der Waals surface area contributed by atoms with Crippen LogP contribution in [0.3, 0.4) is 0 Å². The highest BCUT2D eigenvalue weighted by Crippen LogP contribution is 2.33. The van der Waals surface area contributed by atoms with Gasteiger partial charge in [0.1, 0.15) is 17.9 Å². The van der Waals surface area contributed by atoms with Crippen LogP contribution in [-0.4, -0.2) is 70.2 Å². The van der Waals surface area contributed by atoms with Gasteiger partial charge in [-0.2, -0.15) is 9.97 Å². The lowest BCUT2D eigenvalue weighted by atomic mass is 10.1. The summed E-state index contributed by atoms with van der Waals surface area (Å²) in [6.07, 6.45) is 1.13. The molecule has 0 saturated carbocycles. The van der Waals surface area contributed by atoms with E-state index in [-0.39, 0.29) is 18.0 Å². The highest BCUT2D eigenvalue weighted by atomic mass is 31.2. The van der Waals surface area contributed by atoms with Crippen molar-refractivity contribution in [1.82, 2.24) is 15.0 Å². The van der Waals surface area contributed by atoms with Crippen molar-refractivity contribution < 1.29 is 28.6 Å². The van der Waals surface area contributed by atoms with Crippen LogP contribution >= 0.6 is 7.60 Å². The molecule has 1 aromatic rings. The fourth-order valence-corrected chi connectivity index (χ4v) is 2.79. The normalized spacial score (nSPS) is 15.0. The Morgan fingerprint density at radius 1 is 1.00 bits per heavy atom. The number of nitrogens with one attached hydrogen (secondary N) is 1. The molecule has 1 aromatic heterocycles.